The molecule has 1 atom stereocenters. The van der Waals surface area contributed by atoms with E-state index in [1.54, 1.807) is 16.8 Å². The van der Waals surface area contributed by atoms with Gasteiger partial charge in [-0.25, -0.2) is 14.6 Å². The predicted octanol–water partition coefficient (Wildman–Crippen LogP) is 4.28. The Kier molecular flexibility index (Phi) is 7.34. The van der Waals surface area contributed by atoms with Crippen LogP contribution in [0, 0.1) is 6.92 Å². The van der Waals surface area contributed by atoms with E-state index in [2.05, 4.69) is 15.4 Å². The number of fused-ring (bicyclic) bond motifs is 1. The number of ether oxygens (including phenoxy) is 2. The molecule has 0 fully saturated rings. The third kappa shape index (κ3) is 6.11. The smallest absolute Gasteiger partial charge is 0.416 e. The van der Waals surface area contributed by atoms with Gasteiger partial charge in [-0.1, -0.05) is 0 Å². The molecule has 198 valence electrons. The first kappa shape index (κ1) is 27.3. The lowest BCUT2D eigenvalue weighted by atomic mass is 9.86. The molecule has 2 aromatic rings. The largest absolute Gasteiger partial charge is 0.444 e. The van der Waals surface area contributed by atoms with E-state index in [9.17, 15) is 9.59 Å². The molecule has 0 radical (unpaired) electrons. The summed E-state index contributed by atoms with van der Waals surface area (Å²) in [6.07, 6.45) is 0.312. The quantitative estimate of drug-likeness (QED) is 0.609. The van der Waals surface area contributed by atoms with E-state index in [1.807, 2.05) is 68.4 Å². The van der Waals surface area contributed by atoms with Gasteiger partial charge < -0.3 is 14.4 Å². The number of rotatable bonds is 4. The lowest BCUT2D eigenvalue weighted by Gasteiger charge is -2.46. The Hall–Kier alpha value is -3.24. The molecule has 2 aromatic heterocycles. The van der Waals surface area contributed by atoms with Gasteiger partial charge in [-0.3, -0.25) is 4.90 Å². The van der Waals surface area contributed by atoms with Crippen molar-refractivity contribution in [2.24, 2.45) is 7.05 Å². The highest BCUT2D eigenvalue weighted by molar-refractivity contribution is 5.90. The molecule has 3 rings (SSSR count). The molecule has 11 nitrogen and oxygen atoms in total. The van der Waals surface area contributed by atoms with Crippen LogP contribution in [0.3, 0.4) is 0 Å². The van der Waals surface area contributed by atoms with Crippen LogP contribution in [0.25, 0.3) is 11.4 Å². The van der Waals surface area contributed by atoms with Gasteiger partial charge in [-0.2, -0.15) is 4.80 Å². The maximum atomic E-state index is 13.6. The van der Waals surface area contributed by atoms with Crippen LogP contribution in [0.5, 0.6) is 0 Å². The van der Waals surface area contributed by atoms with E-state index in [0.717, 1.165) is 11.1 Å². The number of hydrogen-bond donors (Lipinski definition) is 0. The minimum absolute atomic E-state index is 0.269. The number of anilines is 1. The summed E-state index contributed by atoms with van der Waals surface area (Å²) in [5.74, 6) is 0.993. The van der Waals surface area contributed by atoms with Crippen molar-refractivity contribution in [2.75, 3.05) is 18.0 Å². The molecule has 36 heavy (non-hydrogen) atoms. The van der Waals surface area contributed by atoms with Gasteiger partial charge in [0, 0.05) is 18.7 Å². The molecule has 0 unspecified atom stereocenters. The summed E-state index contributed by atoms with van der Waals surface area (Å²) in [5.41, 5.74) is 0.209. The highest BCUT2D eigenvalue weighted by Gasteiger charge is 2.46. The second-order valence-electron chi connectivity index (χ2n) is 11.5. The van der Waals surface area contributed by atoms with Crippen LogP contribution in [-0.2, 0) is 22.9 Å². The Bertz CT molecular complexity index is 1130. The van der Waals surface area contributed by atoms with Gasteiger partial charge in [0.05, 0.1) is 18.3 Å². The normalized spacial score (nSPS) is 18.0. The number of aromatic nitrogens is 5. The molecule has 0 aromatic carbocycles. The maximum Gasteiger partial charge on any atom is 0.416 e. The maximum absolute atomic E-state index is 13.6. The summed E-state index contributed by atoms with van der Waals surface area (Å²) in [7, 11) is 1.71. The van der Waals surface area contributed by atoms with Crippen LogP contribution >= 0.6 is 0 Å². The number of tetrazole rings is 1. The van der Waals surface area contributed by atoms with Crippen molar-refractivity contribution in [3.63, 3.8) is 0 Å². The number of hydrogen-bond acceptors (Lipinski definition) is 8. The van der Waals surface area contributed by atoms with E-state index in [0.29, 0.717) is 36.7 Å². The van der Waals surface area contributed by atoms with Crippen LogP contribution in [-0.4, -0.2) is 72.1 Å². The van der Waals surface area contributed by atoms with Crippen molar-refractivity contribution in [1.29, 1.82) is 0 Å². The second-order valence-corrected chi connectivity index (χ2v) is 11.5. The Morgan fingerprint density at radius 2 is 1.78 bits per heavy atom. The molecule has 1 aliphatic rings. The van der Waals surface area contributed by atoms with E-state index in [-0.39, 0.29) is 6.54 Å². The number of carbonyl (C=O) groups is 2. The summed E-state index contributed by atoms with van der Waals surface area (Å²) in [5, 5.41) is 12.4. The molecule has 0 N–H and O–H groups in total. The van der Waals surface area contributed by atoms with Gasteiger partial charge in [-0.15, -0.1) is 10.2 Å². The minimum atomic E-state index is -0.770. The number of nitrogens with zero attached hydrogens (tertiary/aromatic N) is 7. The number of amides is 2. The molecule has 0 spiro atoms. The van der Waals surface area contributed by atoms with Gasteiger partial charge in [0.15, 0.2) is 0 Å². The highest BCUT2D eigenvalue weighted by Crippen LogP contribution is 2.39. The van der Waals surface area contributed by atoms with Crippen molar-refractivity contribution >= 4 is 18.0 Å². The van der Waals surface area contributed by atoms with Crippen LogP contribution in [0.1, 0.15) is 73.1 Å². The second kappa shape index (κ2) is 9.67. The lowest BCUT2D eigenvalue weighted by Crippen LogP contribution is -2.60. The monoisotopic (exact) mass is 501 g/mol. The summed E-state index contributed by atoms with van der Waals surface area (Å²) >= 11 is 0. The number of carbonyl (C=O) groups excluding carboxylic acids is 2. The van der Waals surface area contributed by atoms with E-state index in [4.69, 9.17) is 14.5 Å². The summed E-state index contributed by atoms with van der Waals surface area (Å²) in [6.45, 7) is 17.4. The standard InChI is InChI=1S/C25H39N7O4/c1-11-31(21(33)35-23(3,4)5)15-25(9)13-12-17-14-18(19-27-29-30(10)28-19)16(2)26-20(17)32(25)22(34)36-24(6,7)8/h14H,11-13,15H2,1-10H3/t25-/m1/s1. The van der Waals surface area contributed by atoms with Crippen molar-refractivity contribution in [3.8, 4) is 11.4 Å². The molecule has 0 saturated heterocycles. The predicted molar refractivity (Wildman–Crippen MR) is 136 cm³/mol. The van der Waals surface area contributed by atoms with Crippen LogP contribution in [0.15, 0.2) is 6.07 Å². The zero-order valence-corrected chi connectivity index (χ0v) is 23.2. The van der Waals surface area contributed by atoms with Crippen molar-refractivity contribution in [3.05, 3.63) is 17.3 Å². The minimum Gasteiger partial charge on any atom is -0.444 e. The van der Waals surface area contributed by atoms with E-state index < -0.39 is 28.9 Å². The summed E-state index contributed by atoms with van der Waals surface area (Å²) < 4.78 is 11.4. The zero-order chi connectivity index (χ0) is 27.1. The first-order chi connectivity index (χ1) is 16.5. The number of likely N-dealkylation sites (N-methyl/N-ethyl adjacent to an activating group) is 1. The van der Waals surface area contributed by atoms with Gasteiger partial charge >= 0.3 is 12.2 Å². The molecular weight excluding hydrogens is 462 g/mol. The third-order valence-corrected chi connectivity index (χ3v) is 5.84. The Morgan fingerprint density at radius 3 is 2.31 bits per heavy atom. The summed E-state index contributed by atoms with van der Waals surface area (Å²) in [4.78, 5) is 36.0. The van der Waals surface area contributed by atoms with Gasteiger partial charge in [0.2, 0.25) is 5.82 Å². The molecule has 1 aliphatic heterocycles. The average Bonchev–Trinajstić information content (AvgIpc) is 3.14. The molecule has 3 heterocycles. The van der Waals surface area contributed by atoms with Crippen LogP contribution < -0.4 is 4.90 Å². The van der Waals surface area contributed by atoms with Crippen LogP contribution in [0.4, 0.5) is 15.4 Å². The lowest BCUT2D eigenvalue weighted by molar-refractivity contribution is 0.0193. The fraction of sp³-hybridized carbons (Fsp3) is 0.680. The SMILES string of the molecule is CCN(C[C@@]1(C)CCc2cc(-c3nnn(C)n3)c(C)nc2N1C(=O)OC(C)(C)C)C(=O)OC(C)(C)C. The van der Waals surface area contributed by atoms with E-state index >= 15 is 0 Å². The Labute approximate surface area is 213 Å². The molecular formula is C25H39N7O4. The van der Waals surface area contributed by atoms with E-state index in [1.165, 1.54) is 4.80 Å². The Balaban J connectivity index is 2.05. The average molecular weight is 502 g/mol. The number of aryl methyl sites for hydroxylation is 3. The number of pyridine rings is 1. The van der Waals surface area contributed by atoms with Crippen molar-refractivity contribution < 1.29 is 19.1 Å². The molecule has 11 heteroatoms. The van der Waals surface area contributed by atoms with Crippen LogP contribution in [0.2, 0.25) is 0 Å². The van der Waals surface area contributed by atoms with Crippen molar-refractivity contribution in [2.45, 2.75) is 91.9 Å². The Morgan fingerprint density at radius 1 is 1.14 bits per heavy atom. The van der Waals surface area contributed by atoms with Gasteiger partial charge in [0.25, 0.3) is 0 Å². The molecule has 0 bridgehead atoms. The zero-order valence-electron chi connectivity index (χ0n) is 23.2. The molecule has 0 saturated carbocycles. The van der Waals surface area contributed by atoms with Gasteiger partial charge in [0.1, 0.15) is 17.0 Å². The van der Waals surface area contributed by atoms with Gasteiger partial charge in [-0.05, 0) is 92.0 Å². The first-order valence-electron chi connectivity index (χ1n) is 12.3. The van der Waals surface area contributed by atoms with Crippen molar-refractivity contribution in [1.82, 2.24) is 30.1 Å². The third-order valence-electron chi connectivity index (χ3n) is 5.84. The summed E-state index contributed by atoms with van der Waals surface area (Å²) in [6, 6.07) is 1.97. The fourth-order valence-electron chi connectivity index (χ4n) is 4.21. The topological polar surface area (TPSA) is 116 Å². The fourth-order valence-corrected chi connectivity index (χ4v) is 4.21. The molecule has 2 amide bonds. The first-order valence-corrected chi connectivity index (χ1v) is 12.3. The highest BCUT2D eigenvalue weighted by atomic mass is 16.6. The molecule has 0 aliphatic carbocycles.